The summed E-state index contributed by atoms with van der Waals surface area (Å²) in [5.41, 5.74) is -0.719. The summed E-state index contributed by atoms with van der Waals surface area (Å²) in [6.45, 7) is 9.73. The molecule has 1 atom stereocenters. The Morgan fingerprint density at radius 1 is 1.06 bits per heavy atom. The van der Waals surface area contributed by atoms with Gasteiger partial charge in [0.15, 0.2) is 6.04 Å². The molecule has 2 amide bonds. The van der Waals surface area contributed by atoms with Gasteiger partial charge in [-0.1, -0.05) is 18.2 Å². The first-order chi connectivity index (χ1) is 15.7. The molecule has 0 bridgehead atoms. The van der Waals surface area contributed by atoms with Gasteiger partial charge in [-0.25, -0.2) is 9.59 Å². The number of rotatable bonds is 6. The van der Waals surface area contributed by atoms with Crippen LogP contribution in [0.1, 0.15) is 33.6 Å². The van der Waals surface area contributed by atoms with Crippen molar-refractivity contribution in [2.45, 2.75) is 45.7 Å². The van der Waals surface area contributed by atoms with Crippen LogP contribution in [-0.4, -0.2) is 85.7 Å². The summed E-state index contributed by atoms with van der Waals surface area (Å²) in [6, 6.07) is 7.70. The predicted octanol–water partition coefficient (Wildman–Crippen LogP) is 1.63. The van der Waals surface area contributed by atoms with E-state index in [4.69, 9.17) is 9.47 Å². The standard InChI is InChI=1S/C24H36N4O5/c1-24(2,3)22(30)32-17-20(21(29)33-19-7-5-4-6-8-19)26-23(31)28-15-13-27(14-16-28)18-9-11-25-12-10-18/h4-8,18,20,25H,9-17H2,1-3H3,(H,26,31). The highest BCUT2D eigenvalue weighted by Crippen LogP contribution is 2.17. The van der Waals surface area contributed by atoms with Crippen molar-refractivity contribution < 1.29 is 23.9 Å². The van der Waals surface area contributed by atoms with Crippen LogP contribution in [0.4, 0.5) is 4.79 Å². The highest BCUT2D eigenvalue weighted by molar-refractivity contribution is 5.85. The monoisotopic (exact) mass is 460 g/mol. The zero-order valence-electron chi connectivity index (χ0n) is 19.8. The number of carbonyl (C=O) groups excluding carboxylic acids is 3. The molecule has 1 aromatic rings. The Balaban J connectivity index is 1.57. The highest BCUT2D eigenvalue weighted by atomic mass is 16.6. The number of nitrogens with one attached hydrogen (secondary N) is 2. The van der Waals surface area contributed by atoms with E-state index in [0.29, 0.717) is 24.9 Å². The van der Waals surface area contributed by atoms with Gasteiger partial charge in [-0.05, 0) is 58.8 Å². The lowest BCUT2D eigenvalue weighted by Gasteiger charge is -2.41. The van der Waals surface area contributed by atoms with Gasteiger partial charge < -0.3 is 25.0 Å². The number of piperidine rings is 1. The van der Waals surface area contributed by atoms with Gasteiger partial charge in [-0.15, -0.1) is 0 Å². The Hall–Kier alpha value is -2.65. The molecule has 2 fully saturated rings. The van der Waals surface area contributed by atoms with Gasteiger partial charge >= 0.3 is 18.0 Å². The number of esters is 2. The van der Waals surface area contributed by atoms with Crippen LogP contribution < -0.4 is 15.4 Å². The van der Waals surface area contributed by atoms with Gasteiger partial charge in [0.05, 0.1) is 5.41 Å². The van der Waals surface area contributed by atoms with Crippen molar-refractivity contribution in [2.75, 3.05) is 45.9 Å². The molecule has 3 rings (SSSR count). The minimum Gasteiger partial charge on any atom is -0.462 e. The second-order valence-corrected chi connectivity index (χ2v) is 9.59. The SMILES string of the molecule is CC(C)(C)C(=O)OCC(NC(=O)N1CCN(C2CCNCC2)CC1)C(=O)Oc1ccccc1. The van der Waals surface area contributed by atoms with Gasteiger partial charge in [0.1, 0.15) is 12.4 Å². The maximum absolute atomic E-state index is 12.9. The summed E-state index contributed by atoms with van der Waals surface area (Å²) >= 11 is 0. The smallest absolute Gasteiger partial charge is 0.337 e. The fourth-order valence-electron chi connectivity index (χ4n) is 3.92. The fourth-order valence-corrected chi connectivity index (χ4v) is 3.92. The number of benzene rings is 1. The molecular weight excluding hydrogens is 424 g/mol. The van der Waals surface area contributed by atoms with Gasteiger partial charge in [0, 0.05) is 32.2 Å². The maximum atomic E-state index is 12.9. The number of hydrogen-bond acceptors (Lipinski definition) is 7. The third-order valence-electron chi connectivity index (χ3n) is 5.96. The molecule has 0 aromatic heterocycles. The van der Waals surface area contributed by atoms with E-state index in [9.17, 15) is 14.4 Å². The number of nitrogens with zero attached hydrogens (tertiary/aromatic N) is 2. The number of para-hydroxylation sites is 1. The van der Waals surface area contributed by atoms with E-state index in [2.05, 4.69) is 15.5 Å². The summed E-state index contributed by atoms with van der Waals surface area (Å²) in [6.07, 6.45) is 2.25. The summed E-state index contributed by atoms with van der Waals surface area (Å²) in [5, 5.41) is 6.09. The average Bonchev–Trinajstić information content (AvgIpc) is 2.82. The van der Waals surface area contributed by atoms with Crippen molar-refractivity contribution in [3.8, 4) is 5.75 Å². The lowest BCUT2D eigenvalue weighted by molar-refractivity contribution is -0.155. The molecule has 0 radical (unpaired) electrons. The molecule has 2 heterocycles. The molecule has 0 spiro atoms. The summed E-state index contributed by atoms with van der Waals surface area (Å²) in [7, 11) is 0. The second-order valence-electron chi connectivity index (χ2n) is 9.59. The van der Waals surface area contributed by atoms with E-state index in [1.165, 1.54) is 0 Å². The van der Waals surface area contributed by atoms with Gasteiger partial charge in [-0.2, -0.15) is 0 Å². The predicted molar refractivity (Wildman–Crippen MR) is 124 cm³/mol. The van der Waals surface area contributed by atoms with Crippen molar-refractivity contribution in [1.29, 1.82) is 0 Å². The van der Waals surface area contributed by atoms with E-state index in [-0.39, 0.29) is 12.6 Å². The molecule has 2 saturated heterocycles. The molecule has 9 heteroatoms. The van der Waals surface area contributed by atoms with Crippen LogP contribution in [0.25, 0.3) is 0 Å². The number of piperazine rings is 1. The minimum atomic E-state index is -1.11. The van der Waals surface area contributed by atoms with Gasteiger partial charge in [0.2, 0.25) is 0 Å². The molecular formula is C24H36N4O5. The van der Waals surface area contributed by atoms with E-state index in [1.54, 1.807) is 49.9 Å². The number of urea groups is 1. The number of amides is 2. The van der Waals surface area contributed by atoms with E-state index < -0.39 is 23.4 Å². The molecule has 0 saturated carbocycles. The largest absolute Gasteiger partial charge is 0.462 e. The summed E-state index contributed by atoms with van der Waals surface area (Å²) in [5.74, 6) is -0.770. The average molecular weight is 461 g/mol. The van der Waals surface area contributed by atoms with Crippen molar-refractivity contribution in [2.24, 2.45) is 5.41 Å². The molecule has 1 unspecified atom stereocenters. The molecule has 9 nitrogen and oxygen atoms in total. The van der Waals surface area contributed by atoms with Crippen LogP contribution >= 0.6 is 0 Å². The van der Waals surface area contributed by atoms with Crippen LogP contribution in [0.5, 0.6) is 5.75 Å². The van der Waals surface area contributed by atoms with Crippen molar-refractivity contribution >= 4 is 18.0 Å². The highest BCUT2D eigenvalue weighted by Gasteiger charge is 2.32. The zero-order valence-corrected chi connectivity index (χ0v) is 19.8. The molecule has 2 N–H and O–H groups in total. The Morgan fingerprint density at radius 3 is 2.30 bits per heavy atom. The number of ether oxygens (including phenoxy) is 2. The molecule has 182 valence electrons. The molecule has 0 aliphatic carbocycles. The van der Waals surface area contributed by atoms with Crippen LogP contribution in [0.15, 0.2) is 30.3 Å². The lowest BCUT2D eigenvalue weighted by Crippen LogP contribution is -2.58. The first-order valence-electron chi connectivity index (χ1n) is 11.7. The van der Waals surface area contributed by atoms with Crippen molar-refractivity contribution in [1.82, 2.24) is 20.4 Å². The van der Waals surface area contributed by atoms with Crippen molar-refractivity contribution in [3.05, 3.63) is 30.3 Å². The quantitative estimate of drug-likeness (QED) is 0.492. The van der Waals surface area contributed by atoms with Crippen LogP contribution in [-0.2, 0) is 14.3 Å². The third kappa shape index (κ3) is 7.43. The summed E-state index contributed by atoms with van der Waals surface area (Å²) < 4.78 is 10.7. The Labute approximate surface area is 195 Å². The Kier molecular flexibility index (Phi) is 8.68. The summed E-state index contributed by atoms with van der Waals surface area (Å²) in [4.78, 5) is 42.1. The lowest BCUT2D eigenvalue weighted by atomic mass is 9.97. The Morgan fingerprint density at radius 2 is 1.70 bits per heavy atom. The Bertz CT molecular complexity index is 797. The maximum Gasteiger partial charge on any atom is 0.337 e. The molecule has 2 aliphatic heterocycles. The second kappa shape index (κ2) is 11.5. The first kappa shape index (κ1) is 25.0. The number of hydrogen-bond donors (Lipinski definition) is 2. The van der Waals surface area contributed by atoms with Crippen LogP contribution in [0.2, 0.25) is 0 Å². The van der Waals surface area contributed by atoms with Crippen molar-refractivity contribution in [3.63, 3.8) is 0 Å². The molecule has 2 aliphatic rings. The van der Waals surface area contributed by atoms with E-state index in [1.807, 2.05) is 6.07 Å². The molecule has 1 aromatic carbocycles. The fraction of sp³-hybridized carbons (Fsp3) is 0.625. The minimum absolute atomic E-state index is 0.289. The molecule has 33 heavy (non-hydrogen) atoms. The normalized spacial score (nSPS) is 18.9. The van der Waals surface area contributed by atoms with E-state index in [0.717, 1.165) is 39.0 Å². The van der Waals surface area contributed by atoms with Crippen LogP contribution in [0, 0.1) is 5.41 Å². The zero-order chi connectivity index (χ0) is 23.8. The van der Waals surface area contributed by atoms with Gasteiger partial charge in [0.25, 0.3) is 0 Å². The number of carbonyl (C=O) groups is 3. The third-order valence-corrected chi connectivity index (χ3v) is 5.96. The van der Waals surface area contributed by atoms with Crippen LogP contribution in [0.3, 0.4) is 0 Å². The van der Waals surface area contributed by atoms with Gasteiger partial charge in [-0.3, -0.25) is 9.69 Å². The topological polar surface area (TPSA) is 100 Å². The first-order valence-corrected chi connectivity index (χ1v) is 11.7. The van der Waals surface area contributed by atoms with E-state index >= 15 is 0 Å².